The van der Waals surface area contributed by atoms with Gasteiger partial charge in [-0.25, -0.2) is 4.39 Å². The average molecular weight is 460 g/mol. The monoisotopic (exact) mass is 459 g/mol. The Morgan fingerprint density at radius 3 is 2.47 bits per heavy atom. The maximum Gasteiger partial charge on any atom is 0.227 e. The highest BCUT2D eigenvalue weighted by atomic mass is 19.1. The van der Waals surface area contributed by atoms with Crippen LogP contribution in [0.5, 0.6) is 0 Å². The fourth-order valence-corrected chi connectivity index (χ4v) is 4.85. The van der Waals surface area contributed by atoms with Crippen LogP contribution in [-0.4, -0.2) is 53.5 Å². The Balaban J connectivity index is 1.44. The lowest BCUT2D eigenvalue weighted by atomic mass is 10.0. The van der Waals surface area contributed by atoms with Crippen molar-refractivity contribution in [3.05, 3.63) is 102 Å². The summed E-state index contributed by atoms with van der Waals surface area (Å²) in [6.07, 6.45) is 2.57. The number of nitrogens with zero attached hydrogens (tertiary/aromatic N) is 3. The largest absolute Gasteiger partial charge is 0.379 e. The fraction of sp³-hybridized carbons (Fsp3) is 0.357. The van der Waals surface area contributed by atoms with Crippen LogP contribution in [0.1, 0.15) is 35.2 Å². The second kappa shape index (κ2) is 10.5. The third-order valence-corrected chi connectivity index (χ3v) is 6.84. The van der Waals surface area contributed by atoms with Crippen LogP contribution in [0.3, 0.4) is 0 Å². The van der Waals surface area contributed by atoms with Gasteiger partial charge in [0.15, 0.2) is 0 Å². The maximum absolute atomic E-state index is 14.0. The van der Waals surface area contributed by atoms with Crippen LogP contribution in [0.2, 0.25) is 0 Å². The van der Waals surface area contributed by atoms with E-state index in [1.54, 1.807) is 18.3 Å². The van der Waals surface area contributed by atoms with E-state index in [9.17, 15) is 9.18 Å². The minimum atomic E-state index is -0.251. The topological polar surface area (TPSA) is 45.7 Å². The van der Waals surface area contributed by atoms with Crippen molar-refractivity contribution in [2.45, 2.75) is 24.9 Å². The molecule has 3 unspecified atom stereocenters. The molecule has 0 radical (unpaired) electrons. The van der Waals surface area contributed by atoms with Crippen LogP contribution < -0.4 is 0 Å². The predicted octanol–water partition coefficient (Wildman–Crippen LogP) is 4.43. The lowest BCUT2D eigenvalue weighted by Gasteiger charge is -2.37. The molecule has 3 atom stereocenters. The second-order valence-electron chi connectivity index (χ2n) is 9.13. The molecule has 6 heteroatoms. The molecule has 2 aromatic carbocycles. The zero-order chi connectivity index (χ0) is 23.3. The molecule has 2 fully saturated rings. The first-order valence-corrected chi connectivity index (χ1v) is 12.0. The first-order chi connectivity index (χ1) is 16.7. The molecular weight excluding hydrogens is 429 g/mol. The Labute approximate surface area is 200 Å². The van der Waals surface area contributed by atoms with Crippen LogP contribution in [0.15, 0.2) is 79.0 Å². The van der Waals surface area contributed by atoms with Gasteiger partial charge in [-0.1, -0.05) is 48.5 Å². The first kappa shape index (κ1) is 22.7. The number of carbonyl (C=O) groups excluding carboxylic acids is 1. The molecule has 5 nitrogen and oxygen atoms in total. The molecule has 3 aromatic rings. The molecule has 1 saturated heterocycles. The van der Waals surface area contributed by atoms with Crippen molar-refractivity contribution < 1.29 is 13.9 Å². The molecule has 176 valence electrons. The van der Waals surface area contributed by atoms with Crippen molar-refractivity contribution in [2.75, 3.05) is 32.8 Å². The van der Waals surface area contributed by atoms with Crippen molar-refractivity contribution in [1.29, 1.82) is 0 Å². The first-order valence-electron chi connectivity index (χ1n) is 12.0. The van der Waals surface area contributed by atoms with Crippen molar-refractivity contribution in [2.24, 2.45) is 5.92 Å². The van der Waals surface area contributed by atoms with Gasteiger partial charge in [-0.15, -0.1) is 0 Å². The summed E-state index contributed by atoms with van der Waals surface area (Å²) in [5.74, 6) is -0.0648. The molecule has 1 amide bonds. The van der Waals surface area contributed by atoms with E-state index >= 15 is 0 Å². The Morgan fingerprint density at radius 2 is 1.76 bits per heavy atom. The van der Waals surface area contributed by atoms with E-state index in [0.29, 0.717) is 19.8 Å². The molecule has 2 heterocycles. The lowest BCUT2D eigenvalue weighted by Crippen LogP contribution is -2.45. The zero-order valence-electron chi connectivity index (χ0n) is 19.2. The van der Waals surface area contributed by atoms with Crippen molar-refractivity contribution >= 4 is 5.91 Å². The summed E-state index contributed by atoms with van der Waals surface area (Å²) in [7, 11) is 0. The van der Waals surface area contributed by atoms with Crippen molar-refractivity contribution in [3.8, 4) is 0 Å². The molecule has 0 bridgehead atoms. The number of benzene rings is 2. The number of aromatic nitrogens is 1. The molecule has 1 aliphatic heterocycles. The summed E-state index contributed by atoms with van der Waals surface area (Å²) >= 11 is 0. The maximum atomic E-state index is 14.0. The number of carbonyl (C=O) groups is 1. The van der Waals surface area contributed by atoms with Gasteiger partial charge in [0.25, 0.3) is 0 Å². The van der Waals surface area contributed by atoms with E-state index < -0.39 is 0 Å². The molecule has 1 saturated carbocycles. The normalized spacial score (nSPS) is 21.1. The summed E-state index contributed by atoms with van der Waals surface area (Å²) in [5.41, 5.74) is 3.02. The van der Waals surface area contributed by atoms with Crippen LogP contribution >= 0.6 is 0 Å². The SMILES string of the molecule is O=C(C1CC1c1ccc(F)cc1)N(Cc1ccccn1)C(CN1CCOCC1)c1ccccc1. The highest BCUT2D eigenvalue weighted by Gasteiger charge is 2.47. The zero-order valence-corrected chi connectivity index (χ0v) is 19.2. The van der Waals surface area contributed by atoms with E-state index in [-0.39, 0.29) is 29.6 Å². The van der Waals surface area contributed by atoms with Crippen molar-refractivity contribution in [1.82, 2.24) is 14.8 Å². The Morgan fingerprint density at radius 1 is 1.03 bits per heavy atom. The highest BCUT2D eigenvalue weighted by Crippen LogP contribution is 2.49. The quantitative estimate of drug-likeness (QED) is 0.500. The average Bonchev–Trinajstić information content (AvgIpc) is 3.69. The summed E-state index contributed by atoms with van der Waals surface area (Å²) < 4.78 is 19.0. The summed E-state index contributed by atoms with van der Waals surface area (Å²) in [6, 6.07) is 22.6. The third kappa shape index (κ3) is 5.34. The van der Waals surface area contributed by atoms with E-state index in [2.05, 4.69) is 22.0 Å². The fourth-order valence-electron chi connectivity index (χ4n) is 4.85. The van der Waals surface area contributed by atoms with Gasteiger partial charge < -0.3 is 9.64 Å². The standard InChI is InChI=1S/C28H30FN3O2/c29-23-11-9-21(10-12-23)25-18-26(25)28(33)32(19-24-8-4-5-13-30-24)27(22-6-2-1-3-7-22)20-31-14-16-34-17-15-31/h1-13,25-27H,14-20H2. The van der Waals surface area contributed by atoms with E-state index in [0.717, 1.165) is 42.9 Å². The van der Waals surface area contributed by atoms with E-state index in [1.807, 2.05) is 41.3 Å². The lowest BCUT2D eigenvalue weighted by molar-refractivity contribution is -0.136. The van der Waals surface area contributed by atoms with E-state index in [4.69, 9.17) is 4.74 Å². The van der Waals surface area contributed by atoms with Gasteiger partial charge in [0.05, 0.1) is 31.5 Å². The van der Waals surface area contributed by atoms with Gasteiger partial charge in [0.2, 0.25) is 5.91 Å². The number of amides is 1. The van der Waals surface area contributed by atoms with Crippen LogP contribution in [0, 0.1) is 11.7 Å². The van der Waals surface area contributed by atoms with E-state index in [1.165, 1.54) is 12.1 Å². The van der Waals surface area contributed by atoms with Gasteiger partial charge >= 0.3 is 0 Å². The minimum absolute atomic E-state index is 0.0925. The highest BCUT2D eigenvalue weighted by molar-refractivity contribution is 5.83. The molecule has 5 rings (SSSR count). The van der Waals surface area contributed by atoms with Crippen LogP contribution in [0.25, 0.3) is 0 Å². The third-order valence-electron chi connectivity index (χ3n) is 6.84. The number of hydrogen-bond acceptors (Lipinski definition) is 4. The van der Waals surface area contributed by atoms with Crippen LogP contribution in [-0.2, 0) is 16.1 Å². The minimum Gasteiger partial charge on any atom is -0.379 e. The van der Waals surface area contributed by atoms with Gasteiger partial charge in [-0.05, 0) is 47.7 Å². The van der Waals surface area contributed by atoms with Crippen LogP contribution in [0.4, 0.5) is 4.39 Å². The van der Waals surface area contributed by atoms with Gasteiger partial charge in [-0.2, -0.15) is 0 Å². The number of morpholine rings is 1. The van der Waals surface area contributed by atoms with Gasteiger partial charge in [0.1, 0.15) is 5.82 Å². The number of halogens is 1. The number of pyridine rings is 1. The summed E-state index contributed by atoms with van der Waals surface area (Å²) in [6.45, 7) is 4.35. The Kier molecular flexibility index (Phi) is 6.97. The smallest absolute Gasteiger partial charge is 0.227 e. The van der Waals surface area contributed by atoms with Crippen molar-refractivity contribution in [3.63, 3.8) is 0 Å². The number of ether oxygens (including phenoxy) is 1. The van der Waals surface area contributed by atoms with Gasteiger partial charge in [-0.3, -0.25) is 14.7 Å². The Hall–Kier alpha value is -3.09. The molecule has 2 aliphatic rings. The predicted molar refractivity (Wildman–Crippen MR) is 128 cm³/mol. The molecule has 0 N–H and O–H groups in total. The number of hydrogen-bond donors (Lipinski definition) is 0. The molecular formula is C28H30FN3O2. The Bertz CT molecular complexity index is 1070. The second-order valence-corrected chi connectivity index (χ2v) is 9.13. The number of rotatable bonds is 8. The summed E-state index contributed by atoms with van der Waals surface area (Å²) in [4.78, 5) is 22.9. The summed E-state index contributed by atoms with van der Waals surface area (Å²) in [5, 5.41) is 0. The molecule has 0 spiro atoms. The molecule has 1 aromatic heterocycles. The molecule has 1 aliphatic carbocycles. The van der Waals surface area contributed by atoms with Gasteiger partial charge in [0, 0.05) is 31.7 Å². The molecule has 34 heavy (non-hydrogen) atoms.